The van der Waals surface area contributed by atoms with Crippen molar-refractivity contribution in [2.75, 3.05) is 13.1 Å². The highest BCUT2D eigenvalue weighted by molar-refractivity contribution is 5.84. The Labute approximate surface area is 105 Å². The normalized spacial score (nSPS) is 22.6. The summed E-state index contributed by atoms with van der Waals surface area (Å²) in [5, 5.41) is 3.44. The zero-order chi connectivity index (χ0) is 13.1. The highest BCUT2D eigenvalue weighted by atomic mass is 16.1. The number of amides is 1. The second-order valence-corrected chi connectivity index (χ2v) is 5.53. The fraction of sp³-hybridized carbons (Fsp3) is 0.923. The summed E-state index contributed by atoms with van der Waals surface area (Å²) in [5.74, 6) is -0.193. The molecule has 0 aliphatic carbocycles. The Morgan fingerprint density at radius 2 is 1.88 bits per heavy atom. The minimum absolute atomic E-state index is 0.193. The van der Waals surface area contributed by atoms with Gasteiger partial charge in [0.05, 0.1) is 0 Å². The van der Waals surface area contributed by atoms with E-state index < -0.39 is 5.54 Å². The van der Waals surface area contributed by atoms with Crippen LogP contribution in [-0.2, 0) is 4.79 Å². The third-order valence-electron chi connectivity index (χ3n) is 3.99. The lowest BCUT2D eigenvalue weighted by Gasteiger charge is -2.43. The van der Waals surface area contributed by atoms with Crippen molar-refractivity contribution in [1.29, 1.82) is 0 Å². The van der Waals surface area contributed by atoms with Gasteiger partial charge in [0.1, 0.15) is 5.54 Å². The van der Waals surface area contributed by atoms with Crippen molar-refractivity contribution in [2.45, 2.75) is 64.6 Å². The Morgan fingerprint density at radius 1 is 1.35 bits per heavy atom. The van der Waals surface area contributed by atoms with E-state index in [1.165, 1.54) is 0 Å². The summed E-state index contributed by atoms with van der Waals surface area (Å²) in [7, 11) is 0. The van der Waals surface area contributed by atoms with Crippen molar-refractivity contribution in [3.8, 4) is 0 Å². The van der Waals surface area contributed by atoms with Gasteiger partial charge >= 0.3 is 0 Å². The van der Waals surface area contributed by atoms with Gasteiger partial charge in [-0.1, -0.05) is 6.92 Å². The second-order valence-electron chi connectivity index (χ2n) is 5.53. The van der Waals surface area contributed by atoms with E-state index in [1.54, 1.807) is 0 Å². The molecule has 0 aromatic carbocycles. The van der Waals surface area contributed by atoms with Crippen LogP contribution in [0.1, 0.15) is 47.0 Å². The molecule has 1 amide bonds. The molecule has 1 rings (SSSR count). The van der Waals surface area contributed by atoms with E-state index in [1.807, 2.05) is 0 Å². The lowest BCUT2D eigenvalue weighted by atomic mass is 9.85. The monoisotopic (exact) mass is 241 g/mol. The highest BCUT2D eigenvalue weighted by Gasteiger charge is 2.40. The van der Waals surface area contributed by atoms with Crippen molar-refractivity contribution in [3.05, 3.63) is 0 Å². The maximum absolute atomic E-state index is 11.7. The number of hydrogen-bond acceptors (Lipinski definition) is 3. The Kier molecular flexibility index (Phi) is 4.95. The van der Waals surface area contributed by atoms with Crippen molar-refractivity contribution in [1.82, 2.24) is 10.2 Å². The number of nitrogens with one attached hydrogen (secondary N) is 1. The Bertz CT molecular complexity index is 257. The van der Waals surface area contributed by atoms with E-state index in [0.717, 1.165) is 32.4 Å². The predicted octanol–water partition coefficient (Wildman–Crippen LogP) is 1.10. The van der Waals surface area contributed by atoms with E-state index in [9.17, 15) is 4.79 Å². The summed E-state index contributed by atoms with van der Waals surface area (Å²) in [6.07, 6.45) is 2.67. The molecule has 3 N–H and O–H groups in total. The van der Waals surface area contributed by atoms with Crippen molar-refractivity contribution < 1.29 is 4.79 Å². The van der Waals surface area contributed by atoms with E-state index in [0.29, 0.717) is 12.1 Å². The zero-order valence-electron chi connectivity index (χ0n) is 11.6. The van der Waals surface area contributed by atoms with Crippen LogP contribution in [0.3, 0.4) is 0 Å². The van der Waals surface area contributed by atoms with Crippen molar-refractivity contribution >= 4 is 5.91 Å². The van der Waals surface area contributed by atoms with Gasteiger partial charge in [-0.25, -0.2) is 0 Å². The van der Waals surface area contributed by atoms with Crippen LogP contribution in [0.15, 0.2) is 0 Å². The molecule has 1 aliphatic heterocycles. The van der Waals surface area contributed by atoms with Gasteiger partial charge in [-0.15, -0.1) is 0 Å². The summed E-state index contributed by atoms with van der Waals surface area (Å²) in [6.45, 7) is 10.5. The standard InChI is InChI=1S/C13H27N3O/c1-5-11(4)15-13(12(14)17)6-8-16(9-7-13)10(2)3/h10-11,15H,5-9H2,1-4H3,(H2,14,17). The molecule has 0 aromatic rings. The molecular formula is C13H27N3O. The first-order chi connectivity index (χ1) is 7.91. The number of nitrogens with zero attached hydrogens (tertiary/aromatic N) is 1. The third-order valence-corrected chi connectivity index (χ3v) is 3.99. The molecular weight excluding hydrogens is 214 g/mol. The lowest BCUT2D eigenvalue weighted by molar-refractivity contribution is -0.127. The summed E-state index contributed by atoms with van der Waals surface area (Å²) < 4.78 is 0. The molecule has 4 nitrogen and oxygen atoms in total. The molecule has 1 unspecified atom stereocenters. The number of hydrogen-bond donors (Lipinski definition) is 2. The maximum Gasteiger partial charge on any atom is 0.237 e. The zero-order valence-corrected chi connectivity index (χ0v) is 11.6. The number of carbonyl (C=O) groups is 1. The average Bonchev–Trinajstić information content (AvgIpc) is 2.29. The SMILES string of the molecule is CCC(C)NC1(C(N)=O)CCN(C(C)C)CC1. The first-order valence-corrected chi connectivity index (χ1v) is 6.73. The molecule has 0 radical (unpaired) electrons. The number of piperidine rings is 1. The third kappa shape index (κ3) is 3.42. The van der Waals surface area contributed by atoms with E-state index in [4.69, 9.17) is 5.73 Å². The molecule has 1 heterocycles. The number of nitrogens with two attached hydrogens (primary N) is 1. The summed E-state index contributed by atoms with van der Waals surface area (Å²) in [4.78, 5) is 14.1. The fourth-order valence-electron chi connectivity index (χ4n) is 2.46. The highest BCUT2D eigenvalue weighted by Crippen LogP contribution is 2.24. The van der Waals surface area contributed by atoms with Crippen LogP contribution in [0.5, 0.6) is 0 Å². The van der Waals surface area contributed by atoms with E-state index >= 15 is 0 Å². The van der Waals surface area contributed by atoms with Crippen LogP contribution in [0.2, 0.25) is 0 Å². The van der Waals surface area contributed by atoms with Crippen LogP contribution in [0.25, 0.3) is 0 Å². The molecule has 17 heavy (non-hydrogen) atoms. The number of carbonyl (C=O) groups excluding carboxylic acids is 1. The van der Waals surface area contributed by atoms with Gasteiger partial charge in [0.15, 0.2) is 0 Å². The lowest BCUT2D eigenvalue weighted by Crippen LogP contribution is -2.63. The molecule has 1 fully saturated rings. The first-order valence-electron chi connectivity index (χ1n) is 6.73. The Morgan fingerprint density at radius 3 is 2.24 bits per heavy atom. The summed E-state index contributed by atoms with van der Waals surface area (Å²) in [5.41, 5.74) is 5.12. The molecule has 4 heteroatoms. The van der Waals surface area contributed by atoms with Gasteiger partial charge in [-0.05, 0) is 40.0 Å². The smallest absolute Gasteiger partial charge is 0.237 e. The molecule has 1 aliphatic rings. The summed E-state index contributed by atoms with van der Waals surface area (Å²) in [6, 6.07) is 0.887. The molecule has 0 aromatic heterocycles. The van der Waals surface area contributed by atoms with Gasteiger partial charge in [0.2, 0.25) is 5.91 Å². The number of rotatable bonds is 5. The first kappa shape index (κ1) is 14.5. The van der Waals surface area contributed by atoms with E-state index in [-0.39, 0.29) is 5.91 Å². The Hall–Kier alpha value is -0.610. The van der Waals surface area contributed by atoms with Crippen molar-refractivity contribution in [3.63, 3.8) is 0 Å². The van der Waals surface area contributed by atoms with Gasteiger partial charge in [-0.2, -0.15) is 0 Å². The number of likely N-dealkylation sites (tertiary alicyclic amines) is 1. The number of primary amides is 1. The van der Waals surface area contributed by atoms with Gasteiger partial charge in [-0.3, -0.25) is 4.79 Å². The minimum Gasteiger partial charge on any atom is -0.368 e. The largest absolute Gasteiger partial charge is 0.368 e. The molecule has 100 valence electrons. The van der Waals surface area contributed by atoms with Gasteiger partial charge < -0.3 is 16.0 Å². The van der Waals surface area contributed by atoms with Crippen LogP contribution < -0.4 is 11.1 Å². The van der Waals surface area contributed by atoms with Crippen LogP contribution in [0, 0.1) is 0 Å². The van der Waals surface area contributed by atoms with Gasteiger partial charge in [0.25, 0.3) is 0 Å². The predicted molar refractivity (Wildman–Crippen MR) is 70.8 cm³/mol. The minimum atomic E-state index is -0.485. The topological polar surface area (TPSA) is 58.4 Å². The quantitative estimate of drug-likeness (QED) is 0.758. The second kappa shape index (κ2) is 5.83. The Balaban J connectivity index is 2.67. The molecule has 1 saturated heterocycles. The van der Waals surface area contributed by atoms with Crippen LogP contribution >= 0.6 is 0 Å². The molecule has 0 spiro atoms. The van der Waals surface area contributed by atoms with Crippen molar-refractivity contribution in [2.24, 2.45) is 5.73 Å². The maximum atomic E-state index is 11.7. The fourth-order valence-corrected chi connectivity index (χ4v) is 2.46. The average molecular weight is 241 g/mol. The van der Waals surface area contributed by atoms with E-state index in [2.05, 4.69) is 37.9 Å². The van der Waals surface area contributed by atoms with Crippen LogP contribution in [-0.4, -0.2) is 41.5 Å². The molecule has 0 saturated carbocycles. The summed E-state index contributed by atoms with van der Waals surface area (Å²) >= 11 is 0. The van der Waals surface area contributed by atoms with Crippen LogP contribution in [0.4, 0.5) is 0 Å². The molecule has 0 bridgehead atoms. The van der Waals surface area contributed by atoms with Gasteiger partial charge in [0, 0.05) is 25.2 Å². The molecule has 1 atom stereocenters.